The van der Waals surface area contributed by atoms with Crippen molar-refractivity contribution in [3.05, 3.63) is 0 Å². The molecular formula is C23H41N. The Morgan fingerprint density at radius 1 is 0.792 bits per heavy atom. The van der Waals surface area contributed by atoms with Crippen LogP contribution in [0.4, 0.5) is 0 Å². The summed E-state index contributed by atoms with van der Waals surface area (Å²) in [6.45, 7) is 6.30. The minimum Gasteiger partial charge on any atom is -0.330 e. The molecular weight excluding hydrogens is 290 g/mol. The van der Waals surface area contributed by atoms with Crippen LogP contribution in [0.3, 0.4) is 0 Å². The molecule has 138 valence electrons. The van der Waals surface area contributed by atoms with Gasteiger partial charge in [-0.05, 0) is 111 Å². The van der Waals surface area contributed by atoms with E-state index in [0.717, 1.165) is 36.1 Å². The van der Waals surface area contributed by atoms with E-state index < -0.39 is 0 Å². The van der Waals surface area contributed by atoms with Crippen molar-refractivity contribution in [3.8, 4) is 0 Å². The summed E-state index contributed by atoms with van der Waals surface area (Å²) in [4.78, 5) is 0. The van der Waals surface area contributed by atoms with Crippen LogP contribution in [0.25, 0.3) is 0 Å². The van der Waals surface area contributed by atoms with Crippen LogP contribution in [0.1, 0.15) is 97.3 Å². The summed E-state index contributed by atoms with van der Waals surface area (Å²) in [7, 11) is 0. The number of unbranched alkanes of at least 4 members (excludes halogenated alkanes) is 1. The predicted octanol–water partition coefficient (Wildman–Crippen LogP) is 6.16. The number of hydrogen-bond acceptors (Lipinski definition) is 1. The van der Waals surface area contributed by atoms with Crippen molar-refractivity contribution in [2.75, 3.05) is 6.54 Å². The first-order valence-electron chi connectivity index (χ1n) is 11.3. The zero-order valence-electron chi connectivity index (χ0n) is 16.4. The lowest BCUT2D eigenvalue weighted by Crippen LogP contribution is -2.52. The zero-order chi connectivity index (χ0) is 16.8. The van der Waals surface area contributed by atoms with Gasteiger partial charge in [0, 0.05) is 0 Å². The zero-order valence-corrected chi connectivity index (χ0v) is 16.4. The molecule has 0 saturated heterocycles. The van der Waals surface area contributed by atoms with E-state index in [1.807, 2.05) is 0 Å². The van der Waals surface area contributed by atoms with E-state index in [9.17, 15) is 0 Å². The van der Waals surface area contributed by atoms with Gasteiger partial charge in [0.2, 0.25) is 0 Å². The SMILES string of the molecule is C[C@]12CCCCC1CCC1C2CC[C@]2(C)C(CCCCN)CCC12. The number of fused-ring (bicyclic) bond motifs is 5. The van der Waals surface area contributed by atoms with E-state index in [0.29, 0.717) is 10.8 Å². The number of hydrogen-bond donors (Lipinski definition) is 1. The van der Waals surface area contributed by atoms with Crippen LogP contribution in [0.5, 0.6) is 0 Å². The minimum absolute atomic E-state index is 0.674. The minimum atomic E-state index is 0.674. The van der Waals surface area contributed by atoms with Gasteiger partial charge in [0.25, 0.3) is 0 Å². The van der Waals surface area contributed by atoms with E-state index in [2.05, 4.69) is 13.8 Å². The van der Waals surface area contributed by atoms with Crippen LogP contribution in [0, 0.1) is 40.4 Å². The Morgan fingerprint density at radius 3 is 2.46 bits per heavy atom. The average molecular weight is 332 g/mol. The van der Waals surface area contributed by atoms with Gasteiger partial charge in [0.15, 0.2) is 0 Å². The van der Waals surface area contributed by atoms with Gasteiger partial charge in [0.1, 0.15) is 0 Å². The standard InChI is InChI=1S/C23H41N/c1-22-14-5-3-7-17(22)9-11-19-20-12-10-18(8-4-6-16-24)23(20,2)15-13-21(19)22/h17-21H,3-16,24H2,1-2H3/t17?,18?,19?,20?,21?,22-,23+/m0/s1. The van der Waals surface area contributed by atoms with Crippen molar-refractivity contribution in [2.24, 2.45) is 46.2 Å². The highest BCUT2D eigenvalue weighted by Gasteiger charge is 2.59. The highest BCUT2D eigenvalue weighted by molar-refractivity contribution is 5.08. The second kappa shape index (κ2) is 6.60. The maximum absolute atomic E-state index is 5.74. The van der Waals surface area contributed by atoms with Crippen molar-refractivity contribution < 1.29 is 0 Å². The van der Waals surface area contributed by atoms with Gasteiger partial charge in [-0.2, -0.15) is 0 Å². The molecule has 0 amide bonds. The average Bonchev–Trinajstić information content (AvgIpc) is 2.91. The maximum atomic E-state index is 5.74. The van der Waals surface area contributed by atoms with Gasteiger partial charge in [0.05, 0.1) is 0 Å². The lowest BCUT2D eigenvalue weighted by Gasteiger charge is -2.60. The van der Waals surface area contributed by atoms with Crippen LogP contribution < -0.4 is 5.73 Å². The molecule has 4 aliphatic rings. The van der Waals surface area contributed by atoms with Gasteiger partial charge in [-0.25, -0.2) is 0 Å². The quantitative estimate of drug-likeness (QED) is 0.613. The van der Waals surface area contributed by atoms with Gasteiger partial charge >= 0.3 is 0 Å². The first kappa shape index (κ1) is 17.4. The summed E-state index contributed by atoms with van der Waals surface area (Å²) in [6.07, 6.45) is 19.5. The largest absolute Gasteiger partial charge is 0.330 e. The van der Waals surface area contributed by atoms with Gasteiger partial charge in [-0.3, -0.25) is 0 Å². The summed E-state index contributed by atoms with van der Waals surface area (Å²) < 4.78 is 0. The van der Waals surface area contributed by atoms with Crippen LogP contribution in [0.2, 0.25) is 0 Å². The van der Waals surface area contributed by atoms with Crippen molar-refractivity contribution in [1.29, 1.82) is 0 Å². The predicted molar refractivity (Wildman–Crippen MR) is 103 cm³/mol. The summed E-state index contributed by atoms with van der Waals surface area (Å²) in [5, 5.41) is 0. The maximum Gasteiger partial charge on any atom is -0.00773 e. The molecule has 5 unspecified atom stereocenters. The number of nitrogens with two attached hydrogens (primary N) is 1. The van der Waals surface area contributed by atoms with Crippen LogP contribution in [-0.4, -0.2) is 6.54 Å². The third-order valence-electron chi connectivity index (χ3n) is 9.79. The summed E-state index contributed by atoms with van der Waals surface area (Å²) in [5.74, 6) is 5.27. The second-order valence-corrected chi connectivity index (χ2v) is 10.5. The lowest BCUT2D eigenvalue weighted by molar-refractivity contribution is -0.111. The molecule has 4 saturated carbocycles. The highest BCUT2D eigenvalue weighted by Crippen LogP contribution is 2.67. The van der Waals surface area contributed by atoms with Gasteiger partial charge < -0.3 is 5.73 Å². The first-order valence-corrected chi connectivity index (χ1v) is 11.3. The van der Waals surface area contributed by atoms with E-state index in [-0.39, 0.29) is 0 Å². The molecule has 4 fully saturated rings. The number of rotatable bonds is 4. The van der Waals surface area contributed by atoms with Gasteiger partial charge in [-0.1, -0.05) is 33.1 Å². The van der Waals surface area contributed by atoms with Crippen molar-refractivity contribution >= 4 is 0 Å². The molecule has 0 aromatic carbocycles. The molecule has 4 aliphatic carbocycles. The Balaban J connectivity index is 1.51. The van der Waals surface area contributed by atoms with Crippen molar-refractivity contribution in [1.82, 2.24) is 0 Å². The van der Waals surface area contributed by atoms with E-state index in [1.54, 1.807) is 38.5 Å². The molecule has 4 rings (SSSR count). The highest BCUT2D eigenvalue weighted by atomic mass is 14.6. The summed E-state index contributed by atoms with van der Waals surface area (Å²) in [6, 6.07) is 0. The normalized spacial score (nSPS) is 50.9. The Morgan fingerprint density at radius 2 is 1.62 bits per heavy atom. The molecule has 0 radical (unpaired) electrons. The molecule has 0 heterocycles. The Labute approximate surface area is 150 Å². The monoisotopic (exact) mass is 331 g/mol. The second-order valence-electron chi connectivity index (χ2n) is 10.5. The van der Waals surface area contributed by atoms with Crippen molar-refractivity contribution in [2.45, 2.75) is 97.3 Å². The van der Waals surface area contributed by atoms with Crippen LogP contribution in [0.15, 0.2) is 0 Å². The van der Waals surface area contributed by atoms with E-state index in [4.69, 9.17) is 5.73 Å². The summed E-state index contributed by atoms with van der Waals surface area (Å²) >= 11 is 0. The molecule has 0 spiro atoms. The lowest BCUT2D eigenvalue weighted by atomic mass is 9.45. The fourth-order valence-electron chi connectivity index (χ4n) is 8.41. The Bertz CT molecular complexity index is 445. The van der Waals surface area contributed by atoms with E-state index >= 15 is 0 Å². The van der Waals surface area contributed by atoms with Crippen molar-refractivity contribution in [3.63, 3.8) is 0 Å². The molecule has 2 N–H and O–H groups in total. The Hall–Kier alpha value is -0.0400. The molecule has 1 nitrogen and oxygen atoms in total. The molecule has 1 heteroatoms. The smallest absolute Gasteiger partial charge is 0.00773 e. The third kappa shape index (κ3) is 2.60. The fourth-order valence-corrected chi connectivity index (χ4v) is 8.41. The molecule has 0 aromatic rings. The van der Waals surface area contributed by atoms with Gasteiger partial charge in [-0.15, -0.1) is 0 Å². The van der Waals surface area contributed by atoms with Crippen LogP contribution in [-0.2, 0) is 0 Å². The molecule has 0 aliphatic heterocycles. The Kier molecular flexibility index (Phi) is 4.78. The first-order chi connectivity index (χ1) is 11.6. The molecule has 0 aromatic heterocycles. The molecule has 7 atom stereocenters. The molecule has 0 bridgehead atoms. The topological polar surface area (TPSA) is 26.0 Å². The molecule has 24 heavy (non-hydrogen) atoms. The van der Waals surface area contributed by atoms with E-state index in [1.165, 1.54) is 44.9 Å². The third-order valence-corrected chi connectivity index (χ3v) is 9.79. The van der Waals surface area contributed by atoms with Crippen LogP contribution >= 0.6 is 0 Å². The summed E-state index contributed by atoms with van der Waals surface area (Å²) in [5.41, 5.74) is 7.12. The fraction of sp³-hybridized carbons (Fsp3) is 1.00.